The number of fused-ring (bicyclic) bond motifs is 3. The van der Waals surface area contributed by atoms with E-state index in [1.165, 1.54) is 11.6 Å². The maximum atomic E-state index is 11.2. The molecule has 3 aromatic rings. The summed E-state index contributed by atoms with van der Waals surface area (Å²) in [6.45, 7) is 0.932. The highest BCUT2D eigenvalue weighted by atomic mass is 16.6. The van der Waals surface area contributed by atoms with Crippen LogP contribution in [0.25, 0.3) is 0 Å². The number of hydrogen-bond donors (Lipinski definition) is 1. The molecule has 3 unspecified atom stereocenters. The van der Waals surface area contributed by atoms with Crippen molar-refractivity contribution in [1.29, 1.82) is 0 Å². The van der Waals surface area contributed by atoms with Crippen LogP contribution in [0, 0.1) is 16.0 Å². The van der Waals surface area contributed by atoms with Crippen molar-refractivity contribution in [3.05, 3.63) is 106 Å². The molecule has 6 heteroatoms. The Morgan fingerprint density at radius 1 is 0.938 bits per heavy atom. The van der Waals surface area contributed by atoms with Crippen LogP contribution in [0.15, 0.2) is 84.9 Å². The van der Waals surface area contributed by atoms with Gasteiger partial charge in [-0.25, -0.2) is 0 Å². The average Bonchev–Trinajstić information content (AvgIpc) is 3.32. The number of para-hydroxylation sites is 1. The summed E-state index contributed by atoms with van der Waals surface area (Å²) in [5, 5.41) is 14.9. The summed E-state index contributed by atoms with van der Waals surface area (Å²) in [5.41, 5.74) is 3.31. The molecule has 0 saturated carbocycles. The lowest BCUT2D eigenvalue weighted by Crippen LogP contribution is -2.29. The molecule has 1 aliphatic heterocycles. The van der Waals surface area contributed by atoms with Gasteiger partial charge >= 0.3 is 0 Å². The topological polar surface area (TPSA) is 73.6 Å². The summed E-state index contributed by atoms with van der Waals surface area (Å²) >= 11 is 0. The lowest BCUT2D eigenvalue weighted by molar-refractivity contribution is -0.384. The Kier molecular flexibility index (Phi) is 5.50. The Bertz CT molecular complexity index is 1150. The van der Waals surface area contributed by atoms with Crippen molar-refractivity contribution < 1.29 is 14.4 Å². The SMILES string of the molecule is O=[N+]([O-])c1cccc(C2Nc3ccc(OCCOc4ccccc4)cc3C3C=CCC32)c1. The molecule has 1 heterocycles. The highest BCUT2D eigenvalue weighted by Crippen LogP contribution is 2.50. The first kappa shape index (κ1) is 20.1. The fraction of sp³-hybridized carbons (Fsp3) is 0.231. The zero-order valence-corrected chi connectivity index (χ0v) is 17.5. The van der Waals surface area contributed by atoms with Crippen molar-refractivity contribution >= 4 is 11.4 Å². The molecule has 5 rings (SSSR count). The predicted molar refractivity (Wildman–Crippen MR) is 123 cm³/mol. The van der Waals surface area contributed by atoms with Crippen LogP contribution in [-0.2, 0) is 0 Å². The van der Waals surface area contributed by atoms with Gasteiger partial charge in [0, 0.05) is 23.7 Å². The van der Waals surface area contributed by atoms with E-state index in [2.05, 4.69) is 23.5 Å². The molecule has 0 fully saturated rings. The third-order valence-electron chi connectivity index (χ3n) is 6.14. The number of benzene rings is 3. The average molecular weight is 428 g/mol. The number of non-ortho nitro benzene ring substituents is 1. The van der Waals surface area contributed by atoms with E-state index in [1.54, 1.807) is 12.1 Å². The zero-order valence-electron chi connectivity index (χ0n) is 17.5. The summed E-state index contributed by atoms with van der Waals surface area (Å²) in [5.74, 6) is 2.20. The van der Waals surface area contributed by atoms with Crippen LogP contribution < -0.4 is 14.8 Å². The van der Waals surface area contributed by atoms with Crippen molar-refractivity contribution in [2.75, 3.05) is 18.5 Å². The van der Waals surface area contributed by atoms with Gasteiger partial charge in [0.05, 0.1) is 11.0 Å². The molecule has 0 radical (unpaired) electrons. The number of ether oxygens (including phenoxy) is 2. The molecule has 2 aliphatic rings. The van der Waals surface area contributed by atoms with Gasteiger partial charge in [-0.2, -0.15) is 0 Å². The quantitative estimate of drug-likeness (QED) is 0.220. The molecule has 1 aliphatic carbocycles. The van der Waals surface area contributed by atoms with E-state index in [0.29, 0.717) is 19.1 Å². The Morgan fingerprint density at radius 3 is 2.56 bits per heavy atom. The van der Waals surface area contributed by atoms with E-state index in [-0.39, 0.29) is 22.6 Å². The molecule has 3 aromatic carbocycles. The molecule has 0 saturated heterocycles. The molecular formula is C26H24N2O4. The molecule has 32 heavy (non-hydrogen) atoms. The van der Waals surface area contributed by atoms with Gasteiger partial charge in [-0.3, -0.25) is 10.1 Å². The molecule has 3 atom stereocenters. The Morgan fingerprint density at radius 2 is 1.75 bits per heavy atom. The van der Waals surface area contributed by atoms with Crippen molar-refractivity contribution in [3.63, 3.8) is 0 Å². The van der Waals surface area contributed by atoms with Crippen molar-refractivity contribution in [2.24, 2.45) is 5.92 Å². The van der Waals surface area contributed by atoms with Crippen LogP contribution >= 0.6 is 0 Å². The number of hydrogen-bond acceptors (Lipinski definition) is 5. The van der Waals surface area contributed by atoms with E-state index in [9.17, 15) is 10.1 Å². The summed E-state index contributed by atoms with van der Waals surface area (Å²) in [6, 6.07) is 22.8. The molecule has 6 nitrogen and oxygen atoms in total. The molecule has 1 N–H and O–H groups in total. The Labute approximate surface area is 186 Å². The number of allylic oxidation sites excluding steroid dienone is 2. The third-order valence-corrected chi connectivity index (χ3v) is 6.14. The molecule has 0 aromatic heterocycles. The lowest BCUT2D eigenvalue weighted by atomic mass is 9.77. The standard InChI is InChI=1S/C26H24N2O4/c29-28(30)19-7-4-6-18(16-19)26-23-11-5-10-22(23)24-17-21(12-13-25(24)27-26)32-15-14-31-20-8-2-1-3-9-20/h1-10,12-13,16-17,22-23,26-27H,11,14-15H2. The van der Waals surface area contributed by atoms with Crippen LogP contribution in [0.3, 0.4) is 0 Å². The first-order valence-electron chi connectivity index (χ1n) is 10.8. The molecule has 162 valence electrons. The van der Waals surface area contributed by atoms with Crippen LogP contribution in [-0.4, -0.2) is 18.1 Å². The van der Waals surface area contributed by atoms with Gasteiger partial charge in [0.25, 0.3) is 5.69 Å². The van der Waals surface area contributed by atoms with Crippen molar-refractivity contribution in [3.8, 4) is 11.5 Å². The first-order valence-corrected chi connectivity index (χ1v) is 10.8. The van der Waals surface area contributed by atoms with E-state index in [0.717, 1.165) is 29.2 Å². The summed E-state index contributed by atoms with van der Waals surface area (Å²) in [4.78, 5) is 10.9. The molecule has 0 bridgehead atoms. The fourth-order valence-electron chi connectivity index (χ4n) is 4.66. The van der Waals surface area contributed by atoms with Gasteiger partial charge in [-0.15, -0.1) is 0 Å². The number of nitrogens with zero attached hydrogens (tertiary/aromatic N) is 1. The van der Waals surface area contributed by atoms with Gasteiger partial charge in [0.15, 0.2) is 0 Å². The zero-order chi connectivity index (χ0) is 21.9. The summed E-state index contributed by atoms with van der Waals surface area (Å²) in [6.07, 6.45) is 5.38. The monoisotopic (exact) mass is 428 g/mol. The van der Waals surface area contributed by atoms with E-state index >= 15 is 0 Å². The number of nitro benzene ring substituents is 1. The van der Waals surface area contributed by atoms with Crippen LogP contribution in [0.1, 0.15) is 29.5 Å². The second-order valence-corrected chi connectivity index (χ2v) is 8.09. The van der Waals surface area contributed by atoms with Crippen LogP contribution in [0.2, 0.25) is 0 Å². The van der Waals surface area contributed by atoms with Gasteiger partial charge in [-0.1, -0.05) is 42.5 Å². The number of rotatable bonds is 7. The fourth-order valence-corrected chi connectivity index (χ4v) is 4.66. The largest absolute Gasteiger partial charge is 0.490 e. The lowest BCUT2D eigenvalue weighted by Gasteiger charge is -2.37. The Balaban J connectivity index is 1.31. The van der Waals surface area contributed by atoms with Gasteiger partial charge in [0.1, 0.15) is 24.7 Å². The summed E-state index contributed by atoms with van der Waals surface area (Å²) in [7, 11) is 0. The second-order valence-electron chi connectivity index (χ2n) is 8.09. The molecule has 0 spiro atoms. The van der Waals surface area contributed by atoms with Crippen molar-refractivity contribution in [1.82, 2.24) is 0 Å². The Hall–Kier alpha value is -3.80. The number of nitro groups is 1. The van der Waals surface area contributed by atoms with Crippen molar-refractivity contribution in [2.45, 2.75) is 18.4 Å². The summed E-state index contributed by atoms with van der Waals surface area (Å²) < 4.78 is 11.6. The predicted octanol–water partition coefficient (Wildman–Crippen LogP) is 5.88. The minimum atomic E-state index is -0.338. The third kappa shape index (κ3) is 4.04. The van der Waals surface area contributed by atoms with Crippen LogP contribution in [0.5, 0.6) is 11.5 Å². The first-order chi connectivity index (χ1) is 15.7. The molecule has 0 amide bonds. The van der Waals surface area contributed by atoms with Gasteiger partial charge < -0.3 is 14.8 Å². The smallest absolute Gasteiger partial charge is 0.269 e. The van der Waals surface area contributed by atoms with Crippen LogP contribution in [0.4, 0.5) is 11.4 Å². The van der Waals surface area contributed by atoms with Gasteiger partial charge in [-0.05, 0) is 53.8 Å². The highest BCUT2D eigenvalue weighted by Gasteiger charge is 2.38. The highest BCUT2D eigenvalue weighted by molar-refractivity contribution is 5.62. The normalized spacial score (nSPS) is 20.7. The number of nitrogens with one attached hydrogen (secondary N) is 1. The van der Waals surface area contributed by atoms with Gasteiger partial charge in [0.2, 0.25) is 0 Å². The minimum Gasteiger partial charge on any atom is -0.490 e. The maximum absolute atomic E-state index is 11.2. The van der Waals surface area contributed by atoms with E-state index in [4.69, 9.17) is 9.47 Å². The second kappa shape index (κ2) is 8.75. The molecular weight excluding hydrogens is 404 g/mol. The number of anilines is 1. The van der Waals surface area contributed by atoms with E-state index in [1.807, 2.05) is 48.5 Å². The van der Waals surface area contributed by atoms with E-state index < -0.39 is 0 Å². The maximum Gasteiger partial charge on any atom is 0.269 e. The minimum absolute atomic E-state index is 0.0217.